The van der Waals surface area contributed by atoms with Crippen molar-refractivity contribution < 1.29 is 4.79 Å². The summed E-state index contributed by atoms with van der Waals surface area (Å²) in [5.74, 6) is 0.915. The number of fused-ring (bicyclic) bond motifs is 1. The van der Waals surface area contributed by atoms with Gasteiger partial charge in [-0.1, -0.05) is 13.8 Å². The van der Waals surface area contributed by atoms with Crippen LogP contribution in [-0.2, 0) is 37.3 Å². The molecule has 122 valence electrons. The Kier molecular flexibility index (Phi) is 4.15. The van der Waals surface area contributed by atoms with E-state index in [0.29, 0.717) is 13.1 Å². The van der Waals surface area contributed by atoms with Gasteiger partial charge < -0.3 is 4.90 Å². The lowest BCUT2D eigenvalue weighted by molar-refractivity contribution is -0.132. The molecular weight excluding hydrogens is 290 g/mol. The Morgan fingerprint density at radius 1 is 1.22 bits per heavy atom. The number of carbonyl (C=O) groups excluding carboxylic acids is 1. The van der Waals surface area contributed by atoms with Gasteiger partial charge in [-0.3, -0.25) is 9.48 Å². The first kappa shape index (κ1) is 15.6. The maximum absolute atomic E-state index is 12.6. The predicted octanol–water partition coefficient (Wildman–Crippen LogP) is 1.96. The van der Waals surface area contributed by atoms with E-state index in [2.05, 4.69) is 22.0 Å². The molecule has 0 unspecified atom stereocenters. The van der Waals surface area contributed by atoms with Gasteiger partial charge in [-0.2, -0.15) is 5.10 Å². The molecular formula is C17H23N5O. The molecule has 1 aliphatic heterocycles. The van der Waals surface area contributed by atoms with Gasteiger partial charge >= 0.3 is 0 Å². The van der Waals surface area contributed by atoms with Gasteiger partial charge in [0.25, 0.3) is 0 Å². The molecule has 0 N–H and O–H groups in total. The number of hydrogen-bond donors (Lipinski definition) is 0. The van der Waals surface area contributed by atoms with Crippen molar-refractivity contribution in [1.82, 2.24) is 24.6 Å². The summed E-state index contributed by atoms with van der Waals surface area (Å²) in [5, 5.41) is 4.51. The molecule has 0 bridgehead atoms. The fourth-order valence-electron chi connectivity index (χ4n) is 3.17. The summed E-state index contributed by atoms with van der Waals surface area (Å²) in [7, 11) is 0. The van der Waals surface area contributed by atoms with Crippen molar-refractivity contribution in [3.05, 3.63) is 40.2 Å². The highest BCUT2D eigenvalue weighted by Gasteiger charge is 2.26. The van der Waals surface area contributed by atoms with E-state index in [0.717, 1.165) is 41.3 Å². The van der Waals surface area contributed by atoms with Crippen LogP contribution in [0.1, 0.15) is 47.9 Å². The van der Waals surface area contributed by atoms with Gasteiger partial charge in [0.1, 0.15) is 12.4 Å². The van der Waals surface area contributed by atoms with Gasteiger partial charge in [0, 0.05) is 30.4 Å². The first-order chi connectivity index (χ1) is 11.0. The highest BCUT2D eigenvalue weighted by molar-refractivity contribution is 5.76. The van der Waals surface area contributed by atoms with Gasteiger partial charge in [-0.25, -0.2) is 9.97 Å². The van der Waals surface area contributed by atoms with Crippen molar-refractivity contribution in [2.24, 2.45) is 0 Å². The molecule has 3 rings (SSSR count). The maximum Gasteiger partial charge on any atom is 0.244 e. The average molecular weight is 313 g/mol. The highest BCUT2D eigenvalue weighted by atomic mass is 16.2. The summed E-state index contributed by atoms with van der Waals surface area (Å²) < 4.78 is 1.82. The quantitative estimate of drug-likeness (QED) is 0.865. The van der Waals surface area contributed by atoms with Gasteiger partial charge in [0.05, 0.1) is 17.9 Å². The van der Waals surface area contributed by atoms with Crippen LogP contribution in [0.3, 0.4) is 0 Å². The van der Waals surface area contributed by atoms with Crippen molar-refractivity contribution >= 4 is 5.91 Å². The number of amides is 1. The SMILES string of the molecule is CCc1ncc2c(n1)CN(C(=O)Cn1nc(C)c(CC)c1C)C2. The van der Waals surface area contributed by atoms with Gasteiger partial charge in [0.2, 0.25) is 5.91 Å². The summed E-state index contributed by atoms with van der Waals surface area (Å²) in [6.45, 7) is 9.64. The standard InChI is InChI=1S/C17H23N5O/c1-5-14-11(3)20-22(12(14)4)10-17(23)21-8-13-7-18-16(6-2)19-15(13)9-21/h7H,5-6,8-10H2,1-4H3. The summed E-state index contributed by atoms with van der Waals surface area (Å²) in [6.07, 6.45) is 3.61. The molecule has 2 aromatic rings. The lowest BCUT2D eigenvalue weighted by Gasteiger charge is -2.15. The number of aryl methyl sites for hydroxylation is 2. The lowest BCUT2D eigenvalue weighted by atomic mass is 10.1. The first-order valence-electron chi connectivity index (χ1n) is 8.17. The topological polar surface area (TPSA) is 63.9 Å². The van der Waals surface area contributed by atoms with Crippen LogP contribution in [-0.4, -0.2) is 30.6 Å². The van der Waals surface area contributed by atoms with Crippen LogP contribution >= 0.6 is 0 Å². The molecule has 0 atom stereocenters. The number of aromatic nitrogens is 4. The Balaban J connectivity index is 1.73. The van der Waals surface area contributed by atoms with E-state index in [9.17, 15) is 4.79 Å². The van der Waals surface area contributed by atoms with Crippen molar-refractivity contribution in [2.75, 3.05) is 0 Å². The van der Waals surface area contributed by atoms with Crippen LogP contribution in [0.25, 0.3) is 0 Å². The van der Waals surface area contributed by atoms with Crippen LogP contribution in [0, 0.1) is 13.8 Å². The van der Waals surface area contributed by atoms with E-state index >= 15 is 0 Å². The molecule has 0 saturated carbocycles. The van der Waals surface area contributed by atoms with E-state index in [4.69, 9.17) is 0 Å². The highest BCUT2D eigenvalue weighted by Crippen LogP contribution is 2.21. The summed E-state index contributed by atoms with van der Waals surface area (Å²) in [4.78, 5) is 23.3. The second-order valence-electron chi connectivity index (χ2n) is 6.02. The van der Waals surface area contributed by atoms with Gasteiger partial charge in [-0.15, -0.1) is 0 Å². The molecule has 0 saturated heterocycles. The second-order valence-corrected chi connectivity index (χ2v) is 6.02. The zero-order chi connectivity index (χ0) is 16.6. The van der Waals surface area contributed by atoms with Crippen molar-refractivity contribution in [1.29, 1.82) is 0 Å². The number of nitrogens with zero attached hydrogens (tertiary/aromatic N) is 5. The molecule has 6 nitrogen and oxygen atoms in total. The van der Waals surface area contributed by atoms with Crippen LogP contribution in [0.2, 0.25) is 0 Å². The Hall–Kier alpha value is -2.24. The molecule has 0 aliphatic carbocycles. The van der Waals surface area contributed by atoms with Gasteiger partial charge in [-0.05, 0) is 25.8 Å². The van der Waals surface area contributed by atoms with Crippen LogP contribution in [0.15, 0.2) is 6.20 Å². The number of rotatable bonds is 4. The Morgan fingerprint density at radius 2 is 2.00 bits per heavy atom. The van der Waals surface area contributed by atoms with E-state index in [1.165, 1.54) is 5.56 Å². The molecule has 1 amide bonds. The molecule has 0 radical (unpaired) electrons. The first-order valence-corrected chi connectivity index (χ1v) is 8.17. The fraction of sp³-hybridized carbons (Fsp3) is 0.529. The van der Waals surface area contributed by atoms with Crippen LogP contribution < -0.4 is 0 Å². The molecule has 0 spiro atoms. The molecule has 6 heteroatoms. The third-order valence-electron chi connectivity index (χ3n) is 4.54. The van der Waals surface area contributed by atoms with E-state index in [1.807, 2.05) is 36.5 Å². The Bertz CT molecular complexity index is 750. The minimum absolute atomic E-state index is 0.0781. The minimum atomic E-state index is 0.0781. The average Bonchev–Trinajstić information content (AvgIpc) is 3.08. The third kappa shape index (κ3) is 2.85. The second kappa shape index (κ2) is 6.10. The third-order valence-corrected chi connectivity index (χ3v) is 4.54. The fourth-order valence-corrected chi connectivity index (χ4v) is 3.17. The molecule has 2 aromatic heterocycles. The number of hydrogen-bond acceptors (Lipinski definition) is 4. The normalized spacial score (nSPS) is 13.5. The molecule has 1 aliphatic rings. The molecule has 3 heterocycles. The lowest BCUT2D eigenvalue weighted by Crippen LogP contribution is -2.30. The zero-order valence-corrected chi connectivity index (χ0v) is 14.3. The zero-order valence-electron chi connectivity index (χ0n) is 14.3. The van der Waals surface area contributed by atoms with Crippen LogP contribution in [0.5, 0.6) is 0 Å². The van der Waals surface area contributed by atoms with Crippen LogP contribution in [0.4, 0.5) is 0 Å². The maximum atomic E-state index is 12.6. The monoisotopic (exact) mass is 313 g/mol. The minimum Gasteiger partial charge on any atom is -0.331 e. The van der Waals surface area contributed by atoms with Gasteiger partial charge in [0.15, 0.2) is 0 Å². The largest absolute Gasteiger partial charge is 0.331 e. The Labute approximate surface area is 136 Å². The predicted molar refractivity (Wildman–Crippen MR) is 86.7 cm³/mol. The smallest absolute Gasteiger partial charge is 0.244 e. The van der Waals surface area contributed by atoms with E-state index in [1.54, 1.807) is 0 Å². The van der Waals surface area contributed by atoms with Crippen molar-refractivity contribution in [3.63, 3.8) is 0 Å². The van der Waals surface area contributed by atoms with Crippen molar-refractivity contribution in [3.8, 4) is 0 Å². The molecule has 0 fully saturated rings. The molecule has 0 aromatic carbocycles. The van der Waals surface area contributed by atoms with E-state index < -0.39 is 0 Å². The van der Waals surface area contributed by atoms with Crippen molar-refractivity contribution in [2.45, 2.75) is 60.2 Å². The summed E-state index contributed by atoms with van der Waals surface area (Å²) in [5.41, 5.74) is 5.37. The van der Waals surface area contributed by atoms with E-state index in [-0.39, 0.29) is 12.5 Å². The Morgan fingerprint density at radius 3 is 2.65 bits per heavy atom. The molecule has 23 heavy (non-hydrogen) atoms. The number of carbonyl (C=O) groups is 1. The summed E-state index contributed by atoms with van der Waals surface area (Å²) in [6, 6.07) is 0. The summed E-state index contributed by atoms with van der Waals surface area (Å²) >= 11 is 0.